The van der Waals surface area contributed by atoms with Gasteiger partial charge >= 0.3 is 0 Å². The smallest absolute Gasteiger partial charge is 0.150 e. The third-order valence-corrected chi connectivity index (χ3v) is 4.59. The van der Waals surface area contributed by atoms with Gasteiger partial charge in [0, 0.05) is 5.75 Å². The maximum atomic E-state index is 11.0. The molecule has 1 atom stereocenters. The lowest BCUT2D eigenvalue weighted by Gasteiger charge is -2.20. The molecule has 0 saturated carbocycles. The molecule has 1 saturated heterocycles. The molecule has 1 aliphatic rings. The van der Waals surface area contributed by atoms with Crippen LogP contribution in [0, 0.1) is 5.92 Å². The molecule has 2 N–H and O–H groups in total. The van der Waals surface area contributed by atoms with Crippen molar-refractivity contribution >= 4 is 20.8 Å². The molecule has 0 aromatic heterocycles. The molecule has 1 fully saturated rings. The van der Waals surface area contributed by atoms with Crippen LogP contribution in [0.2, 0.25) is 0 Å². The maximum Gasteiger partial charge on any atom is 0.150 e. The Bertz CT molecular complexity index is 259. The van der Waals surface area contributed by atoms with Gasteiger partial charge in [-0.2, -0.15) is 0 Å². The van der Waals surface area contributed by atoms with Crippen LogP contribution >= 0.6 is 0 Å². The Kier molecular flexibility index (Phi) is 3.25. The summed E-state index contributed by atoms with van der Waals surface area (Å²) in [6, 6.07) is 0. The molecule has 72 valence electrons. The third-order valence-electron chi connectivity index (χ3n) is 2.07. The van der Waals surface area contributed by atoms with Gasteiger partial charge in [0.15, 0.2) is 0 Å². The van der Waals surface area contributed by atoms with E-state index in [-0.39, 0.29) is 17.4 Å². The fraction of sp³-hybridized carbons (Fsp3) is 1.00. The van der Waals surface area contributed by atoms with Gasteiger partial charge in [0.2, 0.25) is 0 Å². The number of hydrogen-bond donors (Lipinski definition) is 1. The van der Waals surface area contributed by atoms with Crippen molar-refractivity contribution in [1.29, 1.82) is 0 Å². The van der Waals surface area contributed by atoms with E-state index >= 15 is 0 Å². The summed E-state index contributed by atoms with van der Waals surface area (Å²) < 4.78 is 32.6. The first-order chi connectivity index (χ1) is 5.49. The minimum atomic E-state index is -2.79. The summed E-state index contributed by atoms with van der Waals surface area (Å²) in [6.45, 7) is 0. The van der Waals surface area contributed by atoms with Gasteiger partial charge < -0.3 is 0 Å². The van der Waals surface area contributed by atoms with Crippen molar-refractivity contribution in [2.75, 3.05) is 17.3 Å². The maximum absolute atomic E-state index is 11.0. The Morgan fingerprint density at radius 1 is 1.33 bits per heavy atom. The van der Waals surface area contributed by atoms with Gasteiger partial charge in [-0.25, -0.2) is 12.6 Å². The quantitative estimate of drug-likeness (QED) is 0.664. The highest BCUT2D eigenvalue weighted by atomic mass is 32.2. The van der Waals surface area contributed by atoms with Crippen LogP contribution in [0.1, 0.15) is 12.8 Å². The lowest BCUT2D eigenvalue weighted by Crippen LogP contribution is -2.28. The molecule has 0 aromatic rings. The summed E-state index contributed by atoms with van der Waals surface area (Å²) in [5.41, 5.74) is 0. The van der Waals surface area contributed by atoms with Crippen LogP contribution < -0.4 is 5.14 Å². The number of hydrogen-bond acceptors (Lipinski definition) is 3. The summed E-state index contributed by atoms with van der Waals surface area (Å²) in [6.07, 6.45) is 1.23. The highest BCUT2D eigenvalue weighted by Gasteiger charge is 2.24. The monoisotopic (exact) mass is 211 g/mol. The van der Waals surface area contributed by atoms with E-state index in [4.69, 9.17) is 5.14 Å². The van der Waals surface area contributed by atoms with Crippen LogP contribution in [0.15, 0.2) is 0 Å². The van der Waals surface area contributed by atoms with E-state index in [1.165, 1.54) is 0 Å². The summed E-state index contributed by atoms with van der Waals surface area (Å²) in [5.74, 6) is 1.14. The minimum absolute atomic E-state index is 0.231. The Hall–Kier alpha value is 0.0600. The molecule has 1 unspecified atom stereocenters. The average Bonchev–Trinajstić information content (AvgIpc) is 1.93. The lowest BCUT2D eigenvalue weighted by molar-refractivity contribution is 0.502. The molecule has 0 aromatic carbocycles. The molecular formula is C6H13NO3S2. The van der Waals surface area contributed by atoms with E-state index in [2.05, 4.69) is 0 Å². The van der Waals surface area contributed by atoms with E-state index in [1.54, 1.807) is 0 Å². The van der Waals surface area contributed by atoms with Crippen LogP contribution in [0.4, 0.5) is 0 Å². The molecule has 1 rings (SSSR count). The first kappa shape index (κ1) is 10.1. The molecule has 4 nitrogen and oxygen atoms in total. The highest BCUT2D eigenvalue weighted by molar-refractivity contribution is 7.91. The van der Waals surface area contributed by atoms with Crippen molar-refractivity contribution in [3.05, 3.63) is 0 Å². The van der Waals surface area contributed by atoms with Crippen LogP contribution in [0.3, 0.4) is 0 Å². The van der Waals surface area contributed by atoms with Crippen molar-refractivity contribution in [3.63, 3.8) is 0 Å². The molecule has 0 bridgehead atoms. The number of sulfone groups is 1. The first-order valence-corrected chi connectivity index (χ1v) is 7.03. The minimum Gasteiger partial charge on any atom is -0.252 e. The average molecular weight is 211 g/mol. The third kappa shape index (κ3) is 3.20. The lowest BCUT2D eigenvalue weighted by atomic mass is 10.1. The van der Waals surface area contributed by atoms with Gasteiger partial charge in [-0.15, -0.1) is 0 Å². The Labute approximate surface area is 75.0 Å². The van der Waals surface area contributed by atoms with Crippen LogP contribution in [-0.4, -0.2) is 29.9 Å². The Balaban J connectivity index is 2.41. The largest absolute Gasteiger partial charge is 0.252 e. The van der Waals surface area contributed by atoms with Crippen molar-refractivity contribution in [2.24, 2.45) is 11.1 Å². The number of rotatable bonds is 2. The Morgan fingerprint density at radius 3 is 2.25 bits per heavy atom. The highest BCUT2D eigenvalue weighted by Crippen LogP contribution is 2.18. The van der Waals surface area contributed by atoms with Gasteiger partial charge in [0.1, 0.15) is 9.84 Å². The zero-order chi connectivity index (χ0) is 9.19. The summed E-state index contributed by atoms with van der Waals surface area (Å²) in [4.78, 5) is 0. The zero-order valence-corrected chi connectivity index (χ0v) is 8.36. The van der Waals surface area contributed by atoms with Gasteiger partial charge in [-0.1, -0.05) is 0 Å². The van der Waals surface area contributed by atoms with Crippen LogP contribution in [0.5, 0.6) is 0 Å². The van der Waals surface area contributed by atoms with E-state index in [0.29, 0.717) is 18.6 Å². The topological polar surface area (TPSA) is 77.2 Å². The number of nitrogens with two attached hydrogens (primary N) is 1. The fourth-order valence-electron chi connectivity index (χ4n) is 1.34. The molecular weight excluding hydrogens is 198 g/mol. The molecule has 0 aliphatic carbocycles. The van der Waals surface area contributed by atoms with E-state index in [0.717, 1.165) is 0 Å². The SMILES string of the molecule is NS(=O)CC1CCS(=O)(=O)CC1. The molecule has 0 amide bonds. The summed E-state index contributed by atoms with van der Waals surface area (Å²) in [5, 5.41) is 5.11. The summed E-state index contributed by atoms with van der Waals surface area (Å²) in [7, 11) is -4.07. The van der Waals surface area contributed by atoms with Gasteiger partial charge in [0.05, 0.1) is 22.5 Å². The van der Waals surface area contributed by atoms with Crippen LogP contribution in [0.25, 0.3) is 0 Å². The van der Waals surface area contributed by atoms with Crippen molar-refractivity contribution in [1.82, 2.24) is 0 Å². The second kappa shape index (κ2) is 3.85. The normalized spacial score (nSPS) is 26.8. The standard InChI is InChI=1S/C6H13NO3S2/c7-11(8)5-6-1-3-12(9,10)4-2-6/h6H,1-5,7H2. The molecule has 6 heteroatoms. The molecule has 1 heterocycles. The van der Waals surface area contributed by atoms with Gasteiger partial charge in [-0.05, 0) is 18.8 Å². The van der Waals surface area contributed by atoms with Gasteiger partial charge in [0.25, 0.3) is 0 Å². The predicted molar refractivity (Wildman–Crippen MR) is 48.6 cm³/mol. The Morgan fingerprint density at radius 2 is 1.83 bits per heavy atom. The van der Waals surface area contributed by atoms with Gasteiger partial charge in [-0.3, -0.25) is 5.14 Å². The molecule has 0 radical (unpaired) electrons. The van der Waals surface area contributed by atoms with Crippen molar-refractivity contribution in [2.45, 2.75) is 12.8 Å². The van der Waals surface area contributed by atoms with Crippen LogP contribution in [-0.2, 0) is 20.8 Å². The fourth-order valence-corrected chi connectivity index (χ4v) is 3.72. The van der Waals surface area contributed by atoms with E-state index < -0.39 is 20.8 Å². The molecule has 0 spiro atoms. The van der Waals surface area contributed by atoms with E-state index in [1.807, 2.05) is 0 Å². The molecule has 12 heavy (non-hydrogen) atoms. The van der Waals surface area contributed by atoms with Crippen molar-refractivity contribution in [3.8, 4) is 0 Å². The molecule has 1 aliphatic heterocycles. The zero-order valence-electron chi connectivity index (χ0n) is 6.73. The van der Waals surface area contributed by atoms with Crippen molar-refractivity contribution < 1.29 is 12.6 Å². The second-order valence-electron chi connectivity index (χ2n) is 3.14. The second-order valence-corrected chi connectivity index (χ2v) is 6.54. The predicted octanol–water partition coefficient (Wildman–Crippen LogP) is -0.566. The first-order valence-electron chi connectivity index (χ1n) is 3.83. The summed E-state index contributed by atoms with van der Waals surface area (Å²) >= 11 is 0. The van der Waals surface area contributed by atoms with E-state index in [9.17, 15) is 12.6 Å².